The van der Waals surface area contributed by atoms with Gasteiger partial charge in [0.2, 0.25) is 17.7 Å². The lowest BCUT2D eigenvalue weighted by Gasteiger charge is -2.21. The normalized spacial score (nSPS) is 12.9. The molecule has 0 spiro atoms. The van der Waals surface area contributed by atoms with E-state index in [1.807, 2.05) is 44.2 Å². The number of rotatable bonds is 11. The van der Waals surface area contributed by atoms with Gasteiger partial charge in [0, 0.05) is 19.3 Å². The van der Waals surface area contributed by atoms with Crippen molar-refractivity contribution >= 4 is 24.0 Å². The van der Waals surface area contributed by atoms with Gasteiger partial charge in [0.05, 0.1) is 6.04 Å². The summed E-state index contributed by atoms with van der Waals surface area (Å²) in [6.07, 6.45) is 1.29. The molecular weight excluding hydrogens is 334 g/mol. The van der Waals surface area contributed by atoms with Gasteiger partial charge in [0.1, 0.15) is 12.3 Å². The summed E-state index contributed by atoms with van der Waals surface area (Å²) >= 11 is 0. The Balaban J connectivity index is 2.80. The molecule has 0 aliphatic carbocycles. The number of carbonyl (C=O) groups excluding carboxylic acids is 4. The summed E-state index contributed by atoms with van der Waals surface area (Å²) in [5.74, 6) is -1.07. The molecule has 0 heterocycles. The van der Waals surface area contributed by atoms with Gasteiger partial charge in [-0.25, -0.2) is 0 Å². The molecule has 3 amide bonds. The lowest BCUT2D eigenvalue weighted by molar-refractivity contribution is -0.130. The summed E-state index contributed by atoms with van der Waals surface area (Å²) in [6.45, 7) is 3.83. The van der Waals surface area contributed by atoms with Crippen LogP contribution in [0.4, 0.5) is 0 Å². The standard InChI is InChI=1S/C19H27N3O4/c1-13(2)10-18(25)22-16(11-14-6-4-3-5-7-14)19(26)21-15(12-23)8-9-17(20)24/h3-7,12-13,15-16H,8-11H2,1-2H3,(H2,20,24)(H,21,26)(H,22,25)/t15-,16-/m0/s1. The second kappa shape index (κ2) is 11.0. The fraction of sp³-hybridized carbons (Fsp3) is 0.474. The van der Waals surface area contributed by atoms with E-state index in [1.165, 1.54) is 0 Å². The Morgan fingerprint density at radius 2 is 1.77 bits per heavy atom. The largest absolute Gasteiger partial charge is 0.370 e. The van der Waals surface area contributed by atoms with Crippen LogP contribution in [-0.2, 0) is 25.6 Å². The Labute approximate surface area is 153 Å². The zero-order valence-electron chi connectivity index (χ0n) is 15.2. The van der Waals surface area contributed by atoms with Crippen molar-refractivity contribution in [2.75, 3.05) is 0 Å². The van der Waals surface area contributed by atoms with E-state index in [2.05, 4.69) is 10.6 Å². The number of benzene rings is 1. The molecule has 0 unspecified atom stereocenters. The molecule has 1 rings (SSSR count). The van der Waals surface area contributed by atoms with Crippen molar-refractivity contribution in [3.05, 3.63) is 35.9 Å². The SMILES string of the molecule is CC(C)CC(=O)N[C@@H](Cc1ccccc1)C(=O)N[C@H](C=O)CCC(N)=O. The van der Waals surface area contributed by atoms with E-state index in [0.29, 0.717) is 19.1 Å². The van der Waals surface area contributed by atoms with Crippen molar-refractivity contribution in [2.24, 2.45) is 11.7 Å². The molecule has 0 fully saturated rings. The van der Waals surface area contributed by atoms with Gasteiger partial charge in [0.15, 0.2) is 0 Å². The van der Waals surface area contributed by atoms with Crippen LogP contribution in [0.3, 0.4) is 0 Å². The minimum absolute atomic E-state index is 0.00720. The predicted octanol–water partition coefficient (Wildman–Crippen LogP) is 0.709. The molecule has 0 saturated carbocycles. The summed E-state index contributed by atoms with van der Waals surface area (Å²) in [6, 6.07) is 7.65. The maximum absolute atomic E-state index is 12.6. The Hall–Kier alpha value is -2.70. The van der Waals surface area contributed by atoms with Gasteiger partial charge in [-0.1, -0.05) is 44.2 Å². The van der Waals surface area contributed by atoms with Gasteiger partial charge in [-0.15, -0.1) is 0 Å². The van der Waals surface area contributed by atoms with Crippen molar-refractivity contribution in [2.45, 2.75) is 51.6 Å². The molecule has 142 valence electrons. The smallest absolute Gasteiger partial charge is 0.243 e. The van der Waals surface area contributed by atoms with E-state index >= 15 is 0 Å². The third-order valence-electron chi connectivity index (χ3n) is 3.72. The molecule has 0 aromatic heterocycles. The van der Waals surface area contributed by atoms with E-state index in [9.17, 15) is 19.2 Å². The summed E-state index contributed by atoms with van der Waals surface area (Å²) in [7, 11) is 0. The van der Waals surface area contributed by atoms with Gasteiger partial charge in [0.25, 0.3) is 0 Å². The lowest BCUT2D eigenvalue weighted by atomic mass is 10.0. The molecule has 4 N–H and O–H groups in total. The van der Waals surface area contributed by atoms with Gasteiger partial charge in [-0.2, -0.15) is 0 Å². The third-order valence-corrected chi connectivity index (χ3v) is 3.72. The number of nitrogens with one attached hydrogen (secondary N) is 2. The van der Waals surface area contributed by atoms with Crippen LogP contribution < -0.4 is 16.4 Å². The second-order valence-corrected chi connectivity index (χ2v) is 6.66. The van der Waals surface area contributed by atoms with Crippen LogP contribution in [0.1, 0.15) is 38.7 Å². The van der Waals surface area contributed by atoms with Crippen LogP contribution >= 0.6 is 0 Å². The molecule has 2 atom stereocenters. The fourth-order valence-corrected chi connectivity index (χ4v) is 2.44. The molecule has 0 bridgehead atoms. The van der Waals surface area contributed by atoms with Crippen LogP contribution in [-0.4, -0.2) is 36.1 Å². The minimum Gasteiger partial charge on any atom is -0.370 e. The molecule has 0 aliphatic heterocycles. The van der Waals surface area contributed by atoms with Crippen LogP contribution in [0.5, 0.6) is 0 Å². The zero-order chi connectivity index (χ0) is 19.5. The van der Waals surface area contributed by atoms with Crippen LogP contribution in [0.25, 0.3) is 0 Å². The summed E-state index contributed by atoms with van der Waals surface area (Å²) in [5.41, 5.74) is 5.96. The number of primary amides is 1. The van der Waals surface area contributed by atoms with E-state index in [-0.39, 0.29) is 24.7 Å². The fourth-order valence-electron chi connectivity index (χ4n) is 2.44. The van der Waals surface area contributed by atoms with Crippen molar-refractivity contribution < 1.29 is 19.2 Å². The van der Waals surface area contributed by atoms with Gasteiger partial charge in [-0.3, -0.25) is 14.4 Å². The first-order chi connectivity index (χ1) is 12.3. The predicted molar refractivity (Wildman–Crippen MR) is 98.0 cm³/mol. The molecule has 1 aromatic carbocycles. The van der Waals surface area contributed by atoms with Gasteiger partial charge >= 0.3 is 0 Å². The Kier molecular flexibility index (Phi) is 9.05. The van der Waals surface area contributed by atoms with Crippen molar-refractivity contribution in [3.8, 4) is 0 Å². The van der Waals surface area contributed by atoms with E-state index in [4.69, 9.17) is 5.73 Å². The first-order valence-corrected chi connectivity index (χ1v) is 8.69. The second-order valence-electron chi connectivity index (χ2n) is 6.66. The highest BCUT2D eigenvalue weighted by molar-refractivity contribution is 5.89. The monoisotopic (exact) mass is 361 g/mol. The number of carbonyl (C=O) groups is 4. The Morgan fingerprint density at radius 1 is 1.12 bits per heavy atom. The highest BCUT2D eigenvalue weighted by atomic mass is 16.2. The topological polar surface area (TPSA) is 118 Å². The number of hydrogen-bond donors (Lipinski definition) is 3. The molecule has 7 nitrogen and oxygen atoms in total. The van der Waals surface area contributed by atoms with Gasteiger partial charge < -0.3 is 21.2 Å². The number of nitrogens with two attached hydrogens (primary N) is 1. The Bertz CT molecular complexity index is 616. The van der Waals surface area contributed by atoms with Crippen molar-refractivity contribution in [1.29, 1.82) is 0 Å². The summed E-state index contributed by atoms with van der Waals surface area (Å²) in [5, 5.41) is 5.30. The first kappa shape index (κ1) is 21.3. The molecule has 7 heteroatoms. The van der Waals surface area contributed by atoms with Crippen LogP contribution in [0, 0.1) is 5.92 Å². The number of amides is 3. The first-order valence-electron chi connectivity index (χ1n) is 8.69. The number of hydrogen-bond acceptors (Lipinski definition) is 4. The molecule has 1 aromatic rings. The quantitative estimate of drug-likeness (QED) is 0.503. The average Bonchev–Trinajstić information content (AvgIpc) is 2.57. The molecular formula is C19H27N3O4. The summed E-state index contributed by atoms with van der Waals surface area (Å²) < 4.78 is 0. The molecule has 0 aliphatic rings. The van der Waals surface area contributed by atoms with Crippen molar-refractivity contribution in [1.82, 2.24) is 10.6 Å². The number of aldehydes is 1. The average molecular weight is 361 g/mol. The van der Waals surface area contributed by atoms with E-state index in [0.717, 1.165) is 5.56 Å². The van der Waals surface area contributed by atoms with Gasteiger partial charge in [-0.05, 0) is 17.9 Å². The van der Waals surface area contributed by atoms with Crippen molar-refractivity contribution in [3.63, 3.8) is 0 Å². The minimum atomic E-state index is -0.824. The van der Waals surface area contributed by atoms with E-state index < -0.39 is 23.9 Å². The zero-order valence-corrected chi connectivity index (χ0v) is 15.2. The van der Waals surface area contributed by atoms with Crippen LogP contribution in [0.15, 0.2) is 30.3 Å². The van der Waals surface area contributed by atoms with Crippen LogP contribution in [0.2, 0.25) is 0 Å². The highest BCUT2D eigenvalue weighted by Gasteiger charge is 2.24. The summed E-state index contributed by atoms with van der Waals surface area (Å²) in [4.78, 5) is 46.7. The Morgan fingerprint density at radius 3 is 2.31 bits per heavy atom. The van der Waals surface area contributed by atoms with E-state index in [1.54, 1.807) is 0 Å². The maximum atomic E-state index is 12.6. The molecule has 0 radical (unpaired) electrons. The maximum Gasteiger partial charge on any atom is 0.243 e. The molecule has 26 heavy (non-hydrogen) atoms. The molecule has 0 saturated heterocycles. The highest BCUT2D eigenvalue weighted by Crippen LogP contribution is 2.06. The third kappa shape index (κ3) is 8.41. The lowest BCUT2D eigenvalue weighted by Crippen LogP contribution is -2.51.